The first-order valence-corrected chi connectivity index (χ1v) is 4.41. The molecule has 0 spiro atoms. The van der Waals surface area contributed by atoms with E-state index in [2.05, 4.69) is 12.6 Å². The third-order valence-electron chi connectivity index (χ3n) is 1.72. The molecule has 0 unspecified atom stereocenters. The van der Waals surface area contributed by atoms with Crippen molar-refractivity contribution in [3.8, 4) is 0 Å². The minimum absolute atomic E-state index is 0.339. The maximum atomic E-state index is 11.0. The van der Waals surface area contributed by atoms with Crippen LogP contribution < -0.4 is 10.6 Å². The van der Waals surface area contributed by atoms with Crippen molar-refractivity contribution in [2.75, 3.05) is 4.90 Å². The average Bonchev–Trinajstić information content (AvgIpc) is 2.07. The van der Waals surface area contributed by atoms with Crippen LogP contribution in [-0.4, -0.2) is 11.2 Å². The molecular formula is C9H11N3OS. The van der Waals surface area contributed by atoms with Crippen molar-refractivity contribution < 1.29 is 4.79 Å². The highest BCUT2D eigenvalue weighted by molar-refractivity contribution is 7.97. The first kappa shape index (κ1) is 10.6. The van der Waals surface area contributed by atoms with Gasteiger partial charge in [0.25, 0.3) is 5.24 Å². The van der Waals surface area contributed by atoms with E-state index in [9.17, 15) is 4.79 Å². The highest BCUT2D eigenvalue weighted by atomic mass is 32.1. The van der Waals surface area contributed by atoms with Gasteiger partial charge in [0.05, 0.1) is 5.69 Å². The summed E-state index contributed by atoms with van der Waals surface area (Å²) in [6.07, 6.45) is 0. The SMILES string of the molecule is Cc1ccc(N(C(=N)N)C(=O)S)cc1. The van der Waals surface area contributed by atoms with Crippen molar-refractivity contribution in [2.24, 2.45) is 5.73 Å². The molecule has 0 aliphatic carbocycles. The summed E-state index contributed by atoms with van der Waals surface area (Å²) in [6.45, 7) is 1.93. The molecule has 0 radical (unpaired) electrons. The van der Waals surface area contributed by atoms with Gasteiger partial charge in [0, 0.05) is 0 Å². The maximum absolute atomic E-state index is 11.0. The largest absolute Gasteiger partial charge is 0.369 e. The van der Waals surface area contributed by atoms with Gasteiger partial charge in [-0.25, -0.2) is 4.90 Å². The lowest BCUT2D eigenvalue weighted by atomic mass is 10.2. The van der Waals surface area contributed by atoms with Crippen LogP contribution in [-0.2, 0) is 0 Å². The first-order valence-electron chi connectivity index (χ1n) is 3.96. The fourth-order valence-corrected chi connectivity index (χ4v) is 1.27. The Bertz CT molecular complexity index is 347. The summed E-state index contributed by atoms with van der Waals surface area (Å²) in [4.78, 5) is 12.1. The summed E-state index contributed by atoms with van der Waals surface area (Å²) in [5, 5.41) is 6.64. The van der Waals surface area contributed by atoms with Gasteiger partial charge in [-0.1, -0.05) is 30.3 Å². The predicted molar refractivity (Wildman–Crippen MR) is 60.0 cm³/mol. The Hall–Kier alpha value is -1.49. The van der Waals surface area contributed by atoms with Crippen molar-refractivity contribution in [2.45, 2.75) is 6.92 Å². The second-order valence-corrected chi connectivity index (χ2v) is 3.22. The fraction of sp³-hybridized carbons (Fsp3) is 0.111. The van der Waals surface area contributed by atoms with Gasteiger partial charge in [-0.2, -0.15) is 0 Å². The van der Waals surface area contributed by atoms with Crippen LogP contribution in [0.5, 0.6) is 0 Å². The number of nitrogens with two attached hydrogens (primary N) is 1. The summed E-state index contributed by atoms with van der Waals surface area (Å²) in [6, 6.07) is 7.10. The van der Waals surface area contributed by atoms with Gasteiger partial charge in [-0.15, -0.1) is 0 Å². The second-order valence-electron chi connectivity index (χ2n) is 2.84. The molecule has 0 aliphatic heterocycles. The van der Waals surface area contributed by atoms with Gasteiger partial charge >= 0.3 is 0 Å². The van der Waals surface area contributed by atoms with Crippen LogP contribution in [0.3, 0.4) is 0 Å². The van der Waals surface area contributed by atoms with E-state index in [0.29, 0.717) is 5.69 Å². The Kier molecular flexibility index (Phi) is 3.14. The predicted octanol–water partition coefficient (Wildman–Crippen LogP) is 1.74. The normalized spacial score (nSPS) is 9.57. The lowest BCUT2D eigenvalue weighted by Gasteiger charge is -2.17. The number of thiol groups is 1. The summed E-state index contributed by atoms with van der Waals surface area (Å²) in [5.74, 6) is -0.339. The van der Waals surface area contributed by atoms with E-state index in [1.54, 1.807) is 12.1 Å². The van der Waals surface area contributed by atoms with Crippen molar-refractivity contribution in [3.05, 3.63) is 29.8 Å². The number of carbonyl (C=O) groups is 1. The molecule has 0 atom stereocenters. The number of carbonyl (C=O) groups excluding carboxylic acids is 1. The number of rotatable bonds is 1. The molecule has 1 amide bonds. The molecule has 1 aromatic rings. The number of hydrogen-bond acceptors (Lipinski definition) is 2. The third kappa shape index (κ3) is 2.26. The molecule has 0 aliphatic rings. The molecule has 3 N–H and O–H groups in total. The van der Waals surface area contributed by atoms with Crippen LogP contribution in [0.4, 0.5) is 10.5 Å². The van der Waals surface area contributed by atoms with Crippen molar-refractivity contribution in [1.29, 1.82) is 5.41 Å². The minimum atomic E-state index is -0.568. The van der Waals surface area contributed by atoms with E-state index in [1.807, 2.05) is 19.1 Å². The zero-order chi connectivity index (χ0) is 10.7. The van der Waals surface area contributed by atoms with Crippen LogP contribution in [0, 0.1) is 12.3 Å². The molecule has 1 aromatic carbocycles. The lowest BCUT2D eigenvalue weighted by molar-refractivity contribution is 0.267. The maximum Gasteiger partial charge on any atom is 0.289 e. The van der Waals surface area contributed by atoms with Crippen LogP contribution in [0.15, 0.2) is 24.3 Å². The van der Waals surface area contributed by atoms with Crippen LogP contribution in [0.1, 0.15) is 5.56 Å². The van der Waals surface area contributed by atoms with E-state index in [0.717, 1.165) is 10.5 Å². The molecule has 0 heterocycles. The molecule has 0 saturated carbocycles. The molecule has 14 heavy (non-hydrogen) atoms. The average molecular weight is 209 g/mol. The number of aryl methyl sites for hydroxylation is 1. The summed E-state index contributed by atoms with van der Waals surface area (Å²) >= 11 is 3.64. The molecule has 1 rings (SSSR count). The fourth-order valence-electron chi connectivity index (χ4n) is 1.05. The Balaban J connectivity index is 3.06. The molecular weight excluding hydrogens is 198 g/mol. The van der Waals surface area contributed by atoms with Gasteiger partial charge in [0.15, 0.2) is 0 Å². The van der Waals surface area contributed by atoms with Crippen molar-refractivity contribution in [3.63, 3.8) is 0 Å². The lowest BCUT2D eigenvalue weighted by Crippen LogP contribution is -2.38. The number of nitrogens with zero attached hydrogens (tertiary/aromatic N) is 1. The third-order valence-corrected chi connectivity index (χ3v) is 1.92. The van der Waals surface area contributed by atoms with Gasteiger partial charge in [0.2, 0.25) is 5.96 Å². The van der Waals surface area contributed by atoms with E-state index in [1.165, 1.54) is 0 Å². The van der Waals surface area contributed by atoms with Crippen LogP contribution >= 0.6 is 12.6 Å². The topological polar surface area (TPSA) is 70.2 Å². The zero-order valence-corrected chi connectivity index (χ0v) is 8.58. The Morgan fingerprint density at radius 2 is 1.93 bits per heavy atom. The Labute approximate surface area is 87.6 Å². The minimum Gasteiger partial charge on any atom is -0.369 e. The number of hydrogen-bond donors (Lipinski definition) is 3. The number of benzene rings is 1. The van der Waals surface area contributed by atoms with Crippen molar-refractivity contribution >= 4 is 29.5 Å². The van der Waals surface area contributed by atoms with Crippen LogP contribution in [0.2, 0.25) is 0 Å². The molecule has 4 nitrogen and oxygen atoms in total. The standard InChI is InChI=1S/C9H11N3OS/c1-6-2-4-7(5-3-6)12(8(10)11)9(13)14/h2-5H,1H3,(H3,10,11)(H,13,14). The highest BCUT2D eigenvalue weighted by Crippen LogP contribution is 2.16. The quantitative estimate of drug-likeness (QED) is 0.374. The molecule has 0 bridgehead atoms. The first-order chi connectivity index (χ1) is 6.52. The number of anilines is 1. The van der Waals surface area contributed by atoms with Crippen LogP contribution in [0.25, 0.3) is 0 Å². The van der Waals surface area contributed by atoms with Gasteiger partial charge in [0.1, 0.15) is 0 Å². The molecule has 0 saturated heterocycles. The monoisotopic (exact) mass is 209 g/mol. The van der Waals surface area contributed by atoms with Gasteiger partial charge in [-0.05, 0) is 19.1 Å². The van der Waals surface area contributed by atoms with E-state index in [-0.39, 0.29) is 5.96 Å². The Morgan fingerprint density at radius 1 is 1.43 bits per heavy atom. The van der Waals surface area contributed by atoms with Gasteiger partial charge in [-0.3, -0.25) is 10.2 Å². The summed E-state index contributed by atoms with van der Waals surface area (Å²) in [7, 11) is 0. The number of guanidine groups is 1. The summed E-state index contributed by atoms with van der Waals surface area (Å²) in [5.41, 5.74) is 6.86. The number of amides is 1. The Morgan fingerprint density at radius 3 is 2.29 bits per heavy atom. The second kappa shape index (κ2) is 4.15. The molecule has 74 valence electrons. The van der Waals surface area contributed by atoms with E-state index < -0.39 is 5.24 Å². The van der Waals surface area contributed by atoms with E-state index in [4.69, 9.17) is 11.1 Å². The molecule has 0 fully saturated rings. The van der Waals surface area contributed by atoms with E-state index >= 15 is 0 Å². The zero-order valence-electron chi connectivity index (χ0n) is 7.69. The molecule has 5 heteroatoms. The van der Waals surface area contributed by atoms with Crippen molar-refractivity contribution in [1.82, 2.24) is 0 Å². The highest BCUT2D eigenvalue weighted by Gasteiger charge is 2.14. The molecule has 0 aromatic heterocycles. The smallest absolute Gasteiger partial charge is 0.289 e. The number of nitrogens with one attached hydrogen (secondary N) is 1. The summed E-state index contributed by atoms with van der Waals surface area (Å²) < 4.78 is 0. The van der Waals surface area contributed by atoms with Gasteiger partial charge < -0.3 is 5.73 Å².